The quantitative estimate of drug-likeness (QED) is 0.659. The van der Waals surface area contributed by atoms with Gasteiger partial charge in [-0.3, -0.25) is 4.79 Å². The van der Waals surface area contributed by atoms with Crippen LogP contribution in [0.2, 0.25) is 0 Å². The van der Waals surface area contributed by atoms with Crippen molar-refractivity contribution in [3.8, 4) is 5.75 Å². The van der Waals surface area contributed by atoms with E-state index in [1.54, 1.807) is 32.9 Å². The molecule has 98 valence electrons. The van der Waals surface area contributed by atoms with E-state index in [-0.39, 0.29) is 12.5 Å². The molecule has 0 aliphatic heterocycles. The van der Waals surface area contributed by atoms with Crippen LogP contribution in [0.15, 0.2) is 24.3 Å². The van der Waals surface area contributed by atoms with Crippen LogP contribution in [0.3, 0.4) is 0 Å². The maximum Gasteiger partial charge on any atom is 0.330 e. The maximum atomic E-state index is 11.5. The van der Waals surface area contributed by atoms with Crippen molar-refractivity contribution in [3.63, 3.8) is 0 Å². The lowest BCUT2D eigenvalue weighted by molar-refractivity contribution is -0.137. The highest BCUT2D eigenvalue weighted by Gasteiger charge is 2.21. The number of nitrogens with one attached hydrogen (secondary N) is 1. The zero-order valence-electron chi connectivity index (χ0n) is 11.2. The molecular formula is C14H19NO3. The Morgan fingerprint density at radius 1 is 1.17 bits per heavy atom. The number of amides is 1. The standard InChI is InChI=1S/C14H19NO3/c1-10-5-7-11(8-6-10)18-12(16)9-15-13(17)14(2,3)4/h5-8H,9H2,1-4H3,(H,15,17). The molecule has 0 saturated carbocycles. The van der Waals surface area contributed by atoms with Crippen molar-refractivity contribution in [1.82, 2.24) is 5.32 Å². The predicted octanol–water partition coefficient (Wildman–Crippen LogP) is 2.06. The van der Waals surface area contributed by atoms with E-state index in [4.69, 9.17) is 4.74 Å². The van der Waals surface area contributed by atoms with Gasteiger partial charge in [-0.25, -0.2) is 4.79 Å². The molecule has 0 bridgehead atoms. The van der Waals surface area contributed by atoms with Gasteiger partial charge in [0.1, 0.15) is 12.3 Å². The molecule has 0 aliphatic carbocycles. The van der Waals surface area contributed by atoms with Crippen LogP contribution in [0.25, 0.3) is 0 Å². The lowest BCUT2D eigenvalue weighted by atomic mass is 9.96. The highest BCUT2D eigenvalue weighted by molar-refractivity contribution is 5.85. The molecule has 0 fully saturated rings. The molecular weight excluding hydrogens is 230 g/mol. The fraction of sp³-hybridized carbons (Fsp3) is 0.429. The van der Waals surface area contributed by atoms with Gasteiger partial charge >= 0.3 is 5.97 Å². The minimum absolute atomic E-state index is 0.121. The van der Waals surface area contributed by atoms with Gasteiger partial charge in [0.2, 0.25) is 5.91 Å². The minimum atomic E-state index is -0.510. The SMILES string of the molecule is Cc1ccc(OC(=O)CNC(=O)C(C)(C)C)cc1. The average Bonchev–Trinajstić information content (AvgIpc) is 2.28. The molecule has 4 nitrogen and oxygen atoms in total. The lowest BCUT2D eigenvalue weighted by Crippen LogP contribution is -2.39. The Morgan fingerprint density at radius 3 is 2.22 bits per heavy atom. The summed E-state index contributed by atoms with van der Waals surface area (Å²) in [7, 11) is 0. The molecule has 1 N–H and O–H groups in total. The van der Waals surface area contributed by atoms with Crippen molar-refractivity contribution >= 4 is 11.9 Å². The summed E-state index contributed by atoms with van der Waals surface area (Å²) in [6, 6.07) is 7.16. The summed E-state index contributed by atoms with van der Waals surface area (Å²) in [6.07, 6.45) is 0. The van der Waals surface area contributed by atoms with Crippen molar-refractivity contribution in [2.24, 2.45) is 5.41 Å². The number of carbonyl (C=O) groups excluding carboxylic acids is 2. The molecule has 0 atom stereocenters. The summed E-state index contributed by atoms with van der Waals surface area (Å²) < 4.78 is 5.08. The number of carbonyl (C=O) groups is 2. The van der Waals surface area contributed by atoms with Gasteiger partial charge in [-0.15, -0.1) is 0 Å². The summed E-state index contributed by atoms with van der Waals surface area (Å²) in [5, 5.41) is 2.54. The Kier molecular flexibility index (Phi) is 4.48. The van der Waals surface area contributed by atoms with Crippen LogP contribution in [0.1, 0.15) is 26.3 Å². The van der Waals surface area contributed by atoms with Crippen molar-refractivity contribution in [2.75, 3.05) is 6.54 Å². The maximum absolute atomic E-state index is 11.5. The van der Waals surface area contributed by atoms with Gasteiger partial charge in [0.05, 0.1) is 0 Å². The first-order valence-corrected chi connectivity index (χ1v) is 5.84. The van der Waals surface area contributed by atoms with E-state index in [1.165, 1.54) is 0 Å². The zero-order valence-corrected chi connectivity index (χ0v) is 11.2. The van der Waals surface area contributed by atoms with Gasteiger partial charge in [-0.05, 0) is 19.1 Å². The third-order valence-corrected chi connectivity index (χ3v) is 2.33. The van der Waals surface area contributed by atoms with E-state index in [9.17, 15) is 9.59 Å². The molecule has 1 aromatic rings. The summed E-state index contributed by atoms with van der Waals surface area (Å²) in [6.45, 7) is 7.19. The van der Waals surface area contributed by atoms with E-state index in [1.807, 2.05) is 19.1 Å². The Bertz CT molecular complexity index is 429. The second kappa shape index (κ2) is 5.67. The van der Waals surface area contributed by atoms with Crippen LogP contribution < -0.4 is 10.1 Å². The predicted molar refractivity (Wildman–Crippen MR) is 69.3 cm³/mol. The van der Waals surface area contributed by atoms with Crippen molar-refractivity contribution in [2.45, 2.75) is 27.7 Å². The molecule has 0 radical (unpaired) electrons. The van der Waals surface area contributed by atoms with Crippen molar-refractivity contribution < 1.29 is 14.3 Å². The number of ether oxygens (including phenoxy) is 1. The molecule has 0 heterocycles. The third-order valence-electron chi connectivity index (χ3n) is 2.33. The van der Waals surface area contributed by atoms with Gasteiger partial charge in [0, 0.05) is 5.41 Å². The van der Waals surface area contributed by atoms with Gasteiger partial charge in [0.25, 0.3) is 0 Å². The fourth-order valence-electron chi connectivity index (χ4n) is 1.19. The van der Waals surface area contributed by atoms with Crippen LogP contribution in [-0.4, -0.2) is 18.4 Å². The van der Waals surface area contributed by atoms with E-state index >= 15 is 0 Å². The van der Waals surface area contributed by atoms with Crippen molar-refractivity contribution in [1.29, 1.82) is 0 Å². The van der Waals surface area contributed by atoms with Gasteiger partial charge in [-0.2, -0.15) is 0 Å². The Morgan fingerprint density at radius 2 is 1.72 bits per heavy atom. The smallest absolute Gasteiger partial charge is 0.330 e. The highest BCUT2D eigenvalue weighted by atomic mass is 16.5. The van der Waals surface area contributed by atoms with Crippen molar-refractivity contribution in [3.05, 3.63) is 29.8 Å². The Labute approximate surface area is 107 Å². The topological polar surface area (TPSA) is 55.4 Å². The first-order chi connectivity index (χ1) is 8.29. The highest BCUT2D eigenvalue weighted by Crippen LogP contribution is 2.13. The lowest BCUT2D eigenvalue weighted by Gasteiger charge is -2.17. The van der Waals surface area contributed by atoms with E-state index in [2.05, 4.69) is 5.32 Å². The third kappa shape index (κ3) is 4.57. The number of aryl methyl sites for hydroxylation is 1. The molecule has 1 amide bonds. The molecule has 0 spiro atoms. The fourth-order valence-corrected chi connectivity index (χ4v) is 1.19. The van der Waals surface area contributed by atoms with Crippen LogP contribution >= 0.6 is 0 Å². The summed E-state index contributed by atoms with van der Waals surface area (Å²) in [5.74, 6) is -0.171. The van der Waals surface area contributed by atoms with E-state index in [0.717, 1.165) is 5.56 Å². The number of hydrogen-bond acceptors (Lipinski definition) is 3. The first-order valence-electron chi connectivity index (χ1n) is 5.84. The average molecular weight is 249 g/mol. The summed E-state index contributed by atoms with van der Waals surface area (Å²) >= 11 is 0. The number of hydrogen-bond donors (Lipinski definition) is 1. The molecule has 0 aromatic heterocycles. The second-order valence-corrected chi connectivity index (χ2v) is 5.22. The van der Waals surface area contributed by atoms with Gasteiger partial charge < -0.3 is 10.1 Å². The van der Waals surface area contributed by atoms with Gasteiger partial charge in [-0.1, -0.05) is 38.5 Å². The first kappa shape index (κ1) is 14.2. The summed E-state index contributed by atoms with van der Waals surface area (Å²) in [4.78, 5) is 23.0. The molecule has 18 heavy (non-hydrogen) atoms. The van der Waals surface area contributed by atoms with Crippen LogP contribution in [-0.2, 0) is 9.59 Å². The monoisotopic (exact) mass is 249 g/mol. The second-order valence-electron chi connectivity index (χ2n) is 5.22. The normalized spacial score (nSPS) is 10.9. The molecule has 0 aliphatic rings. The molecule has 4 heteroatoms. The molecule has 1 aromatic carbocycles. The molecule has 0 saturated heterocycles. The number of benzene rings is 1. The minimum Gasteiger partial charge on any atom is -0.425 e. The largest absolute Gasteiger partial charge is 0.425 e. The van der Waals surface area contributed by atoms with Gasteiger partial charge in [0.15, 0.2) is 0 Å². The van der Waals surface area contributed by atoms with E-state index < -0.39 is 11.4 Å². The Hall–Kier alpha value is -1.84. The number of rotatable bonds is 3. The summed E-state index contributed by atoms with van der Waals surface area (Å²) in [5.41, 5.74) is 0.584. The van der Waals surface area contributed by atoms with Crippen LogP contribution in [0.4, 0.5) is 0 Å². The Balaban J connectivity index is 2.43. The molecule has 1 rings (SSSR count). The number of esters is 1. The van der Waals surface area contributed by atoms with E-state index in [0.29, 0.717) is 5.75 Å². The molecule has 0 unspecified atom stereocenters. The van der Waals surface area contributed by atoms with Crippen LogP contribution in [0, 0.1) is 12.3 Å². The zero-order chi connectivity index (χ0) is 13.8. The van der Waals surface area contributed by atoms with Crippen LogP contribution in [0.5, 0.6) is 5.75 Å².